The molecule has 0 saturated carbocycles. The molecule has 0 aliphatic heterocycles. The summed E-state index contributed by atoms with van der Waals surface area (Å²) in [5.74, 6) is -1.03. The Morgan fingerprint density at radius 2 is 2.24 bits per heavy atom. The van der Waals surface area contributed by atoms with Crippen LogP contribution in [0.1, 0.15) is 35.8 Å². The van der Waals surface area contributed by atoms with Gasteiger partial charge in [0.05, 0.1) is 17.1 Å². The standard InChI is InChI=1S/C11H17N3O2S/c1-3-4-5-13-9-7(11(15)16)6(2)14-10(17)8(9)12/h3-5,12H2,1-2H3,(H,15,16)(H2,13,14,17). The predicted octanol–water partition coefficient (Wildman–Crippen LogP) is 2.17. The highest BCUT2D eigenvalue weighted by Gasteiger charge is 2.19. The number of aryl methyl sites for hydroxylation is 1. The van der Waals surface area contributed by atoms with Gasteiger partial charge in [0.25, 0.3) is 0 Å². The summed E-state index contributed by atoms with van der Waals surface area (Å²) >= 11 is 4.13. The van der Waals surface area contributed by atoms with Crippen molar-refractivity contribution in [1.29, 1.82) is 0 Å². The van der Waals surface area contributed by atoms with E-state index in [0.717, 1.165) is 12.8 Å². The third-order valence-corrected chi connectivity index (χ3v) is 2.78. The van der Waals surface area contributed by atoms with Crippen molar-refractivity contribution in [2.75, 3.05) is 17.6 Å². The minimum absolute atomic E-state index is 0.122. The van der Waals surface area contributed by atoms with Gasteiger partial charge in [-0.25, -0.2) is 9.78 Å². The number of anilines is 2. The number of unbranched alkanes of at least 4 members (excludes halogenated alkanes) is 1. The molecule has 0 radical (unpaired) electrons. The van der Waals surface area contributed by atoms with Crippen LogP contribution in [0.4, 0.5) is 11.4 Å². The molecule has 0 amide bonds. The molecule has 0 fully saturated rings. The van der Waals surface area contributed by atoms with Gasteiger partial charge in [0, 0.05) is 6.54 Å². The number of hydrogen-bond acceptors (Lipinski definition) is 5. The van der Waals surface area contributed by atoms with E-state index in [1.807, 2.05) is 0 Å². The Labute approximate surface area is 106 Å². The Bertz CT molecular complexity index is 435. The number of nitrogens with two attached hydrogens (primary N) is 1. The van der Waals surface area contributed by atoms with Crippen LogP contribution in [-0.2, 0) is 0 Å². The molecule has 0 atom stereocenters. The van der Waals surface area contributed by atoms with Crippen LogP contribution in [0.3, 0.4) is 0 Å². The quantitative estimate of drug-likeness (QED) is 0.478. The van der Waals surface area contributed by atoms with Gasteiger partial charge in [-0.3, -0.25) is 0 Å². The number of nitrogens with one attached hydrogen (secondary N) is 1. The summed E-state index contributed by atoms with van der Waals surface area (Å²) < 4.78 is 0. The van der Waals surface area contributed by atoms with Gasteiger partial charge in [-0.15, -0.1) is 12.6 Å². The smallest absolute Gasteiger partial charge is 0.339 e. The lowest BCUT2D eigenvalue weighted by Crippen LogP contribution is -2.13. The lowest BCUT2D eigenvalue weighted by atomic mass is 10.1. The van der Waals surface area contributed by atoms with Gasteiger partial charge in [0.15, 0.2) is 0 Å². The molecule has 0 unspecified atom stereocenters. The van der Waals surface area contributed by atoms with Crippen LogP contribution in [0.2, 0.25) is 0 Å². The molecular formula is C11H17N3O2S. The van der Waals surface area contributed by atoms with Crippen molar-refractivity contribution in [3.8, 4) is 0 Å². The minimum atomic E-state index is -1.03. The Morgan fingerprint density at radius 1 is 1.59 bits per heavy atom. The normalized spacial score (nSPS) is 10.3. The van der Waals surface area contributed by atoms with Crippen molar-refractivity contribution in [2.45, 2.75) is 31.7 Å². The summed E-state index contributed by atoms with van der Waals surface area (Å²) in [5, 5.41) is 12.6. The molecule has 17 heavy (non-hydrogen) atoms. The van der Waals surface area contributed by atoms with Crippen molar-refractivity contribution in [2.24, 2.45) is 0 Å². The Morgan fingerprint density at radius 3 is 2.76 bits per heavy atom. The SMILES string of the molecule is CCCCNc1c(N)c(S)nc(C)c1C(=O)O. The molecule has 4 N–H and O–H groups in total. The van der Waals surface area contributed by atoms with Crippen LogP contribution in [0.15, 0.2) is 5.03 Å². The van der Waals surface area contributed by atoms with Crippen LogP contribution in [0.5, 0.6) is 0 Å². The van der Waals surface area contributed by atoms with Gasteiger partial charge in [0.2, 0.25) is 0 Å². The second-order valence-corrected chi connectivity index (χ2v) is 4.19. The second kappa shape index (κ2) is 5.77. The molecule has 1 aromatic heterocycles. The molecule has 1 rings (SSSR count). The summed E-state index contributed by atoms with van der Waals surface area (Å²) in [6.07, 6.45) is 1.97. The maximum absolute atomic E-state index is 11.2. The van der Waals surface area contributed by atoms with Crippen LogP contribution in [0, 0.1) is 6.92 Å². The highest BCUT2D eigenvalue weighted by molar-refractivity contribution is 7.80. The van der Waals surface area contributed by atoms with Crippen molar-refractivity contribution >= 4 is 30.0 Å². The average Bonchev–Trinajstić information content (AvgIpc) is 2.24. The lowest BCUT2D eigenvalue weighted by molar-refractivity contribution is 0.0696. The number of carboxylic acids is 1. The van der Waals surface area contributed by atoms with E-state index < -0.39 is 5.97 Å². The zero-order valence-electron chi connectivity index (χ0n) is 9.95. The van der Waals surface area contributed by atoms with E-state index >= 15 is 0 Å². The molecule has 0 saturated heterocycles. The molecule has 0 bridgehead atoms. The molecule has 1 aromatic rings. The molecule has 0 aliphatic carbocycles. The maximum atomic E-state index is 11.2. The number of carboxylic acid groups (broad SMARTS) is 1. The summed E-state index contributed by atoms with van der Waals surface area (Å²) in [5.41, 5.74) is 7.05. The first kappa shape index (κ1) is 13.6. The van der Waals surface area contributed by atoms with Gasteiger partial charge < -0.3 is 16.2 Å². The number of pyridine rings is 1. The van der Waals surface area contributed by atoms with Gasteiger partial charge in [-0.05, 0) is 13.3 Å². The van der Waals surface area contributed by atoms with E-state index in [1.54, 1.807) is 6.92 Å². The van der Waals surface area contributed by atoms with E-state index in [-0.39, 0.29) is 11.3 Å². The average molecular weight is 255 g/mol. The Kier molecular flexibility index (Phi) is 4.62. The molecule has 5 nitrogen and oxygen atoms in total. The number of carbonyl (C=O) groups is 1. The fourth-order valence-electron chi connectivity index (χ4n) is 1.54. The van der Waals surface area contributed by atoms with Gasteiger partial charge >= 0.3 is 5.97 Å². The number of rotatable bonds is 5. The molecule has 0 aliphatic rings. The summed E-state index contributed by atoms with van der Waals surface area (Å²) in [7, 11) is 0. The number of hydrogen-bond donors (Lipinski definition) is 4. The monoisotopic (exact) mass is 255 g/mol. The number of nitrogen functional groups attached to an aromatic ring is 1. The lowest BCUT2D eigenvalue weighted by Gasteiger charge is -2.15. The fourth-order valence-corrected chi connectivity index (χ4v) is 1.80. The fraction of sp³-hybridized carbons (Fsp3) is 0.455. The molecule has 6 heteroatoms. The van der Waals surface area contributed by atoms with Crippen molar-refractivity contribution < 1.29 is 9.90 Å². The van der Waals surface area contributed by atoms with Crippen molar-refractivity contribution in [1.82, 2.24) is 4.98 Å². The summed E-state index contributed by atoms with van der Waals surface area (Å²) in [4.78, 5) is 15.2. The first-order valence-electron chi connectivity index (χ1n) is 5.45. The Hall–Kier alpha value is -1.43. The van der Waals surface area contributed by atoms with E-state index in [2.05, 4.69) is 29.9 Å². The third kappa shape index (κ3) is 3.03. The van der Waals surface area contributed by atoms with Gasteiger partial charge in [-0.1, -0.05) is 13.3 Å². The molecule has 0 spiro atoms. The number of thiol groups is 1. The first-order chi connectivity index (χ1) is 7.99. The van der Waals surface area contributed by atoms with Crippen LogP contribution in [0.25, 0.3) is 0 Å². The zero-order chi connectivity index (χ0) is 13.0. The molecular weight excluding hydrogens is 238 g/mol. The largest absolute Gasteiger partial charge is 0.478 e. The predicted molar refractivity (Wildman–Crippen MR) is 71.0 cm³/mol. The highest BCUT2D eigenvalue weighted by atomic mass is 32.1. The Balaban J connectivity index is 3.18. The maximum Gasteiger partial charge on any atom is 0.339 e. The van der Waals surface area contributed by atoms with Crippen LogP contribution in [-0.4, -0.2) is 22.6 Å². The first-order valence-corrected chi connectivity index (χ1v) is 5.90. The molecule has 0 aromatic carbocycles. The summed E-state index contributed by atoms with van der Waals surface area (Å²) in [6.45, 7) is 4.37. The van der Waals surface area contributed by atoms with Crippen molar-refractivity contribution in [3.05, 3.63) is 11.3 Å². The third-order valence-electron chi connectivity index (χ3n) is 2.44. The second-order valence-electron chi connectivity index (χ2n) is 3.77. The van der Waals surface area contributed by atoms with Gasteiger partial charge in [0.1, 0.15) is 10.6 Å². The molecule has 1 heterocycles. The van der Waals surface area contributed by atoms with E-state index in [4.69, 9.17) is 10.8 Å². The zero-order valence-corrected chi connectivity index (χ0v) is 10.8. The molecule has 94 valence electrons. The number of aromatic nitrogens is 1. The topological polar surface area (TPSA) is 88.2 Å². The van der Waals surface area contributed by atoms with E-state index in [9.17, 15) is 4.79 Å². The number of nitrogens with zero attached hydrogens (tertiary/aromatic N) is 1. The van der Waals surface area contributed by atoms with Crippen molar-refractivity contribution in [3.63, 3.8) is 0 Å². The van der Waals surface area contributed by atoms with Crippen LogP contribution < -0.4 is 11.1 Å². The minimum Gasteiger partial charge on any atom is -0.478 e. The summed E-state index contributed by atoms with van der Waals surface area (Å²) in [6, 6.07) is 0. The van der Waals surface area contributed by atoms with E-state index in [1.165, 1.54) is 0 Å². The van der Waals surface area contributed by atoms with Gasteiger partial charge in [-0.2, -0.15) is 0 Å². The highest BCUT2D eigenvalue weighted by Crippen LogP contribution is 2.30. The number of aromatic carboxylic acids is 1. The van der Waals surface area contributed by atoms with Crippen LogP contribution >= 0.6 is 12.6 Å². The van der Waals surface area contributed by atoms with E-state index in [0.29, 0.717) is 23.0 Å².